The Morgan fingerprint density at radius 1 is 0.966 bits per heavy atom. The van der Waals surface area contributed by atoms with Crippen LogP contribution < -0.4 is 4.72 Å². The van der Waals surface area contributed by atoms with Crippen molar-refractivity contribution >= 4 is 20.0 Å². The van der Waals surface area contributed by atoms with E-state index >= 15 is 0 Å². The molecule has 2 rings (SSSR count). The van der Waals surface area contributed by atoms with Crippen LogP contribution in [0.2, 0.25) is 0 Å². The summed E-state index contributed by atoms with van der Waals surface area (Å²) in [6.45, 7) is 7.53. The van der Waals surface area contributed by atoms with Gasteiger partial charge in [-0.25, -0.2) is 25.9 Å². The van der Waals surface area contributed by atoms with Crippen LogP contribution in [-0.2, 0) is 32.9 Å². The predicted octanol–water partition coefficient (Wildman–Crippen LogP) is 3.05. The Bertz CT molecular complexity index is 1140. The van der Waals surface area contributed by atoms with Crippen molar-refractivity contribution in [3.63, 3.8) is 0 Å². The Labute approximate surface area is 175 Å². The Hall–Kier alpha value is -1.74. The van der Waals surface area contributed by atoms with E-state index in [1.807, 2.05) is 27.7 Å². The predicted molar refractivity (Wildman–Crippen MR) is 116 cm³/mol. The molecule has 1 N–H and O–H groups in total. The second-order valence-corrected chi connectivity index (χ2v) is 11.2. The van der Waals surface area contributed by atoms with Gasteiger partial charge in [0.2, 0.25) is 20.0 Å². The van der Waals surface area contributed by atoms with Crippen LogP contribution in [0.1, 0.15) is 36.1 Å². The number of nitrogens with zero attached hydrogens (tertiary/aromatic N) is 1. The van der Waals surface area contributed by atoms with Crippen LogP contribution in [0.5, 0.6) is 0 Å². The summed E-state index contributed by atoms with van der Waals surface area (Å²) >= 11 is 0. The summed E-state index contributed by atoms with van der Waals surface area (Å²) in [5, 5.41) is 0. The van der Waals surface area contributed by atoms with E-state index in [4.69, 9.17) is 0 Å². The topological polar surface area (TPSA) is 83.6 Å². The molecule has 0 aromatic heterocycles. The number of nitrogens with one attached hydrogen (secondary N) is 1. The van der Waals surface area contributed by atoms with Gasteiger partial charge >= 0.3 is 0 Å². The number of hydrogen-bond donors (Lipinski definition) is 1. The first-order valence-electron chi connectivity index (χ1n) is 9.46. The van der Waals surface area contributed by atoms with Gasteiger partial charge in [0.05, 0.1) is 9.79 Å². The lowest BCUT2D eigenvalue weighted by Gasteiger charge is -2.22. The zero-order chi connectivity index (χ0) is 22.1. The van der Waals surface area contributed by atoms with Crippen LogP contribution >= 0.6 is 0 Å². The molecule has 0 bridgehead atoms. The molecule has 0 spiro atoms. The summed E-state index contributed by atoms with van der Waals surface area (Å²) in [5.74, 6) is 0. The third-order valence-corrected chi connectivity index (χ3v) is 8.19. The van der Waals surface area contributed by atoms with Crippen LogP contribution in [0.25, 0.3) is 11.1 Å². The molecule has 8 heteroatoms. The van der Waals surface area contributed by atoms with Gasteiger partial charge in [-0.1, -0.05) is 13.8 Å². The minimum Gasteiger partial charge on any atom is -0.214 e. The third-order valence-electron chi connectivity index (χ3n) is 4.96. The fourth-order valence-electron chi connectivity index (χ4n) is 3.43. The standard InChI is InChI=1S/C21H29N2O4S2/c1-8-16-10-14(3)11-19(29(26,27)23(6)7)21(16)20-15(4)12-18(13-17(20)9-2)28(24,25)22-5/h11-13,22H,8-9H2,1-7H3. The minimum atomic E-state index is -3.71. The van der Waals surface area contributed by atoms with E-state index < -0.39 is 20.0 Å². The van der Waals surface area contributed by atoms with Crippen molar-refractivity contribution < 1.29 is 16.8 Å². The van der Waals surface area contributed by atoms with E-state index in [-0.39, 0.29) is 9.79 Å². The Morgan fingerprint density at radius 3 is 2.07 bits per heavy atom. The van der Waals surface area contributed by atoms with Gasteiger partial charge in [0.15, 0.2) is 0 Å². The highest BCUT2D eigenvalue weighted by Crippen LogP contribution is 2.39. The zero-order valence-corrected chi connectivity index (χ0v) is 19.7. The van der Waals surface area contributed by atoms with Gasteiger partial charge in [0.1, 0.15) is 0 Å². The summed E-state index contributed by atoms with van der Waals surface area (Å²) in [4.78, 5) is 0.391. The Balaban J connectivity index is 3.02. The van der Waals surface area contributed by atoms with Gasteiger partial charge in [-0.05, 0) is 85.8 Å². The van der Waals surface area contributed by atoms with Crippen LogP contribution in [0.3, 0.4) is 0 Å². The van der Waals surface area contributed by atoms with Crippen molar-refractivity contribution in [3.05, 3.63) is 46.5 Å². The fraction of sp³-hybridized carbons (Fsp3) is 0.429. The van der Waals surface area contributed by atoms with Crippen molar-refractivity contribution in [2.75, 3.05) is 21.1 Å². The summed E-state index contributed by atoms with van der Waals surface area (Å²) in [5.41, 5.74) is 4.40. The first-order valence-corrected chi connectivity index (χ1v) is 12.4. The van der Waals surface area contributed by atoms with E-state index in [0.29, 0.717) is 24.0 Å². The van der Waals surface area contributed by atoms with Crippen molar-refractivity contribution in [2.24, 2.45) is 0 Å². The molecule has 0 saturated heterocycles. The molecule has 1 radical (unpaired) electrons. The maximum Gasteiger partial charge on any atom is 0.243 e. The number of sulfonamides is 2. The number of benzene rings is 2. The van der Waals surface area contributed by atoms with Crippen LogP contribution in [0, 0.1) is 19.9 Å². The SMILES string of the molecule is CCc1[c]c(C)cc(S(=O)(=O)N(C)C)c1-c1c(C)cc(S(=O)(=O)NC)cc1CC. The van der Waals surface area contributed by atoms with E-state index in [1.165, 1.54) is 25.4 Å². The van der Waals surface area contributed by atoms with Gasteiger partial charge in [-0.3, -0.25) is 0 Å². The smallest absolute Gasteiger partial charge is 0.214 e. The highest BCUT2D eigenvalue weighted by atomic mass is 32.2. The van der Waals surface area contributed by atoms with Crippen molar-refractivity contribution in [1.29, 1.82) is 0 Å². The maximum atomic E-state index is 13.1. The molecule has 6 nitrogen and oxygen atoms in total. The summed E-state index contributed by atoms with van der Waals surface area (Å²) < 4.78 is 54.5. The monoisotopic (exact) mass is 437 g/mol. The highest BCUT2D eigenvalue weighted by Gasteiger charge is 2.27. The first-order chi connectivity index (χ1) is 13.4. The third kappa shape index (κ3) is 4.40. The first kappa shape index (κ1) is 23.5. The molecule has 0 aliphatic heterocycles. The van der Waals surface area contributed by atoms with E-state index in [0.717, 1.165) is 22.3 Å². The molecule has 29 heavy (non-hydrogen) atoms. The van der Waals surface area contributed by atoms with Gasteiger partial charge in [-0.15, -0.1) is 0 Å². The quantitative estimate of drug-likeness (QED) is 0.722. The molecular weight excluding hydrogens is 408 g/mol. The molecule has 2 aromatic carbocycles. The Morgan fingerprint density at radius 2 is 1.59 bits per heavy atom. The maximum absolute atomic E-state index is 13.1. The van der Waals surface area contributed by atoms with Gasteiger partial charge in [0.25, 0.3) is 0 Å². The molecule has 0 unspecified atom stereocenters. The minimum absolute atomic E-state index is 0.171. The van der Waals surface area contributed by atoms with Crippen molar-refractivity contribution in [3.8, 4) is 11.1 Å². The molecule has 0 amide bonds. The van der Waals surface area contributed by atoms with Gasteiger partial charge in [-0.2, -0.15) is 0 Å². The molecule has 0 atom stereocenters. The van der Waals surface area contributed by atoms with Crippen LogP contribution in [0.4, 0.5) is 0 Å². The van der Waals surface area contributed by atoms with Crippen LogP contribution in [0.15, 0.2) is 28.0 Å². The van der Waals surface area contributed by atoms with Gasteiger partial charge in [0, 0.05) is 19.7 Å². The number of rotatable bonds is 7. The fourth-order valence-corrected chi connectivity index (χ4v) is 5.49. The van der Waals surface area contributed by atoms with E-state index in [2.05, 4.69) is 10.8 Å². The lowest BCUT2D eigenvalue weighted by atomic mass is 9.89. The van der Waals surface area contributed by atoms with Gasteiger partial charge < -0.3 is 0 Å². The molecule has 0 aliphatic carbocycles. The number of hydrogen-bond acceptors (Lipinski definition) is 4. The second kappa shape index (κ2) is 8.55. The number of aryl methyl sites for hydroxylation is 4. The zero-order valence-electron chi connectivity index (χ0n) is 18.0. The lowest BCUT2D eigenvalue weighted by molar-refractivity contribution is 0.521. The normalized spacial score (nSPS) is 12.6. The molecular formula is C21H29N2O4S2. The summed E-state index contributed by atoms with van der Waals surface area (Å²) in [7, 11) is -2.94. The molecule has 159 valence electrons. The molecule has 2 aromatic rings. The molecule has 0 fully saturated rings. The lowest BCUT2D eigenvalue weighted by Crippen LogP contribution is -2.24. The highest BCUT2D eigenvalue weighted by molar-refractivity contribution is 7.89. The molecule has 0 saturated carbocycles. The van der Waals surface area contributed by atoms with E-state index in [9.17, 15) is 16.8 Å². The summed E-state index contributed by atoms with van der Waals surface area (Å²) in [6, 6.07) is 8.15. The average Bonchev–Trinajstić information content (AvgIpc) is 2.66. The second-order valence-electron chi connectivity index (χ2n) is 7.15. The summed E-state index contributed by atoms with van der Waals surface area (Å²) in [6.07, 6.45) is 1.16. The van der Waals surface area contributed by atoms with Crippen LogP contribution in [-0.4, -0.2) is 42.3 Å². The van der Waals surface area contributed by atoms with Crippen molar-refractivity contribution in [2.45, 2.75) is 50.3 Å². The average molecular weight is 438 g/mol. The Kier molecular flexibility index (Phi) is 6.94. The molecule has 0 heterocycles. The van der Waals surface area contributed by atoms with Crippen molar-refractivity contribution in [1.82, 2.24) is 9.03 Å². The molecule has 0 aliphatic rings. The van der Waals surface area contributed by atoms with E-state index in [1.54, 1.807) is 18.2 Å². The largest absolute Gasteiger partial charge is 0.243 e.